The third-order valence-electron chi connectivity index (χ3n) is 4.57. The lowest BCUT2D eigenvalue weighted by atomic mass is 10.2. The fourth-order valence-electron chi connectivity index (χ4n) is 2.87. The molecule has 0 aliphatic rings. The van der Waals surface area contributed by atoms with Crippen LogP contribution in [-0.4, -0.2) is 40.5 Å². The van der Waals surface area contributed by atoms with Crippen molar-refractivity contribution in [3.8, 4) is 11.8 Å². The van der Waals surface area contributed by atoms with Gasteiger partial charge in [-0.25, -0.2) is 14.4 Å². The molecule has 0 saturated carbocycles. The number of hydrogen-bond donors (Lipinski definition) is 4. The second kappa shape index (κ2) is 12.1. The molecule has 1 atom stereocenters. The molecule has 1 amide bonds. The first-order chi connectivity index (χ1) is 16.5. The molecule has 0 bridgehead atoms. The predicted molar refractivity (Wildman–Crippen MR) is 132 cm³/mol. The summed E-state index contributed by atoms with van der Waals surface area (Å²) < 4.78 is 13.5. The van der Waals surface area contributed by atoms with E-state index in [4.69, 9.17) is 0 Å². The third-order valence-corrected chi connectivity index (χ3v) is 4.57. The van der Waals surface area contributed by atoms with Crippen LogP contribution in [0.3, 0.4) is 0 Å². The molecular weight excluding hydrogens is 433 g/mol. The predicted octanol–water partition coefficient (Wildman–Crippen LogP) is 3.69. The van der Waals surface area contributed by atoms with Gasteiger partial charge in [-0.05, 0) is 49.7 Å². The van der Waals surface area contributed by atoms with Crippen LogP contribution in [0.4, 0.5) is 27.7 Å². The van der Waals surface area contributed by atoms with E-state index in [1.165, 1.54) is 18.2 Å². The summed E-state index contributed by atoms with van der Waals surface area (Å²) in [4.78, 5) is 25.4. The number of carbonyl (C=O) groups excluding carboxylic acids is 1. The van der Waals surface area contributed by atoms with Crippen molar-refractivity contribution < 1.29 is 9.18 Å². The Morgan fingerprint density at radius 2 is 2.03 bits per heavy atom. The summed E-state index contributed by atoms with van der Waals surface area (Å²) in [5.74, 6) is 6.65. The van der Waals surface area contributed by atoms with Crippen LogP contribution in [0, 0.1) is 17.7 Å². The number of benzene rings is 1. The summed E-state index contributed by atoms with van der Waals surface area (Å²) in [5.41, 5.74) is 1.59. The lowest BCUT2D eigenvalue weighted by Crippen LogP contribution is -2.36. The molecule has 0 unspecified atom stereocenters. The summed E-state index contributed by atoms with van der Waals surface area (Å²) in [6.45, 7) is 6.37. The summed E-state index contributed by atoms with van der Waals surface area (Å²) in [6, 6.07) is 10.7. The number of nitrogens with one attached hydrogen (secondary N) is 4. The van der Waals surface area contributed by atoms with Gasteiger partial charge in [-0.15, -0.1) is 6.58 Å². The molecule has 0 aliphatic carbocycles. The summed E-state index contributed by atoms with van der Waals surface area (Å²) in [7, 11) is 1.67. The Morgan fingerprint density at radius 3 is 2.76 bits per heavy atom. The number of hydrogen-bond acceptors (Lipinski definition) is 7. The molecular formula is C25H26FN7O. The van der Waals surface area contributed by atoms with E-state index < -0.39 is 6.04 Å². The minimum absolute atomic E-state index is 0.268. The van der Waals surface area contributed by atoms with Crippen molar-refractivity contribution in [1.29, 1.82) is 0 Å². The van der Waals surface area contributed by atoms with E-state index in [0.29, 0.717) is 41.1 Å². The summed E-state index contributed by atoms with van der Waals surface area (Å²) >= 11 is 0. The lowest BCUT2D eigenvalue weighted by Gasteiger charge is -2.11. The topological polar surface area (TPSA) is 104 Å². The Hall–Kier alpha value is -4.29. The van der Waals surface area contributed by atoms with E-state index in [9.17, 15) is 9.18 Å². The smallest absolute Gasteiger partial charge is 0.246 e. The highest BCUT2D eigenvalue weighted by Crippen LogP contribution is 2.18. The van der Waals surface area contributed by atoms with Crippen LogP contribution in [0.15, 0.2) is 61.3 Å². The van der Waals surface area contributed by atoms with Gasteiger partial charge in [0, 0.05) is 12.2 Å². The Labute approximate surface area is 198 Å². The number of likely N-dealkylation sites (N-methyl/N-ethyl adjacent to an activating group) is 1. The summed E-state index contributed by atoms with van der Waals surface area (Å²) in [6.07, 6.45) is 3.99. The molecule has 0 aliphatic heterocycles. The van der Waals surface area contributed by atoms with Crippen LogP contribution in [0.25, 0.3) is 0 Å². The normalized spacial score (nSPS) is 11.0. The molecule has 9 heteroatoms. The number of halogens is 1. The first-order valence-corrected chi connectivity index (χ1v) is 10.8. The van der Waals surface area contributed by atoms with Crippen molar-refractivity contribution in [2.75, 3.05) is 29.5 Å². The van der Waals surface area contributed by atoms with Crippen molar-refractivity contribution in [2.24, 2.45) is 0 Å². The highest BCUT2D eigenvalue weighted by Gasteiger charge is 2.12. The number of amides is 1. The van der Waals surface area contributed by atoms with Crippen molar-refractivity contribution >= 4 is 29.2 Å². The minimum atomic E-state index is -0.527. The maximum atomic E-state index is 13.5. The SMILES string of the molecule is C=C[C@H](NC)C(=O)Nc1cccc(C#Cc2cnc(Nc3cccc(F)c3)nc2NCCC)n1. The molecule has 0 radical (unpaired) electrons. The molecule has 0 fully saturated rings. The fourth-order valence-corrected chi connectivity index (χ4v) is 2.87. The molecule has 34 heavy (non-hydrogen) atoms. The first-order valence-electron chi connectivity index (χ1n) is 10.8. The number of aromatic nitrogens is 3. The molecule has 2 heterocycles. The fraction of sp³-hybridized carbons (Fsp3) is 0.200. The maximum absolute atomic E-state index is 13.5. The van der Waals surface area contributed by atoms with Gasteiger partial charge >= 0.3 is 0 Å². The van der Waals surface area contributed by atoms with Crippen LogP contribution in [-0.2, 0) is 4.79 Å². The molecule has 2 aromatic heterocycles. The molecule has 0 spiro atoms. The number of anilines is 4. The molecule has 3 aromatic rings. The van der Waals surface area contributed by atoms with E-state index in [-0.39, 0.29) is 11.7 Å². The largest absolute Gasteiger partial charge is 0.369 e. The minimum Gasteiger partial charge on any atom is -0.369 e. The van der Waals surface area contributed by atoms with Gasteiger partial charge in [0.1, 0.15) is 29.2 Å². The molecule has 174 valence electrons. The monoisotopic (exact) mass is 459 g/mol. The van der Waals surface area contributed by atoms with Gasteiger partial charge in [0.05, 0.1) is 11.8 Å². The van der Waals surface area contributed by atoms with Crippen LogP contribution >= 0.6 is 0 Å². The van der Waals surface area contributed by atoms with Crippen LogP contribution in [0.1, 0.15) is 24.6 Å². The molecule has 3 rings (SSSR count). The first kappa shape index (κ1) is 24.4. The summed E-state index contributed by atoms with van der Waals surface area (Å²) in [5, 5.41) is 11.8. The van der Waals surface area contributed by atoms with E-state index in [0.717, 1.165) is 6.42 Å². The molecule has 0 saturated heterocycles. The zero-order valence-corrected chi connectivity index (χ0v) is 19.0. The van der Waals surface area contributed by atoms with Crippen LogP contribution in [0.5, 0.6) is 0 Å². The maximum Gasteiger partial charge on any atom is 0.246 e. The quantitative estimate of drug-likeness (QED) is 0.286. The van der Waals surface area contributed by atoms with Crippen LogP contribution in [0.2, 0.25) is 0 Å². The highest BCUT2D eigenvalue weighted by atomic mass is 19.1. The zero-order chi connectivity index (χ0) is 24.3. The van der Waals surface area contributed by atoms with Gasteiger partial charge in [0.2, 0.25) is 11.9 Å². The molecule has 4 N–H and O–H groups in total. The average Bonchev–Trinajstić information content (AvgIpc) is 2.83. The van der Waals surface area contributed by atoms with Crippen molar-refractivity contribution in [1.82, 2.24) is 20.3 Å². The van der Waals surface area contributed by atoms with Crippen LogP contribution < -0.4 is 21.3 Å². The second-order valence-corrected chi connectivity index (χ2v) is 7.17. The molecule has 8 nitrogen and oxygen atoms in total. The van der Waals surface area contributed by atoms with E-state index >= 15 is 0 Å². The number of rotatable bonds is 9. The second-order valence-electron chi connectivity index (χ2n) is 7.17. The Kier molecular flexibility index (Phi) is 8.66. The van der Waals surface area contributed by atoms with E-state index in [1.807, 2.05) is 6.92 Å². The number of carbonyl (C=O) groups is 1. The van der Waals surface area contributed by atoms with Crippen molar-refractivity contribution in [3.05, 3.63) is 78.4 Å². The van der Waals surface area contributed by atoms with E-state index in [1.54, 1.807) is 43.6 Å². The van der Waals surface area contributed by atoms with Gasteiger partial charge < -0.3 is 21.3 Å². The number of nitrogens with zero attached hydrogens (tertiary/aromatic N) is 3. The van der Waals surface area contributed by atoms with E-state index in [2.05, 4.69) is 54.6 Å². The highest BCUT2D eigenvalue weighted by molar-refractivity contribution is 5.95. The Balaban J connectivity index is 1.81. The van der Waals surface area contributed by atoms with Gasteiger partial charge in [-0.3, -0.25) is 4.79 Å². The lowest BCUT2D eigenvalue weighted by molar-refractivity contribution is -0.117. The number of pyridine rings is 1. The Morgan fingerprint density at radius 1 is 1.21 bits per heavy atom. The van der Waals surface area contributed by atoms with Crippen molar-refractivity contribution in [2.45, 2.75) is 19.4 Å². The zero-order valence-electron chi connectivity index (χ0n) is 19.0. The van der Waals surface area contributed by atoms with Gasteiger partial charge in [0.25, 0.3) is 0 Å². The Bertz CT molecular complexity index is 1220. The van der Waals surface area contributed by atoms with Gasteiger partial charge in [0.15, 0.2) is 0 Å². The standard InChI is InChI=1S/C25H26FN7O/c1-4-14-28-23-17(16-29-25(33-23)31-20-10-6-8-18(26)15-20)12-13-19-9-7-11-22(30-19)32-24(34)21(5-2)27-3/h5-11,15-16,21,27H,2,4,14H2,1,3H3,(H,30,32,34)(H2,28,29,31,33)/t21-/m0/s1. The molecule has 1 aromatic carbocycles. The van der Waals surface area contributed by atoms with Gasteiger partial charge in [-0.2, -0.15) is 4.98 Å². The average molecular weight is 460 g/mol. The van der Waals surface area contributed by atoms with Gasteiger partial charge in [-0.1, -0.05) is 31.1 Å². The van der Waals surface area contributed by atoms with Crippen molar-refractivity contribution in [3.63, 3.8) is 0 Å². The third kappa shape index (κ3) is 6.85.